The molecule has 2 nitrogen and oxygen atoms in total. The summed E-state index contributed by atoms with van der Waals surface area (Å²) in [5.74, 6) is -0.952. The lowest BCUT2D eigenvalue weighted by molar-refractivity contribution is 0.0537. The lowest BCUT2D eigenvalue weighted by Gasteiger charge is -2.05. The molecule has 0 heterocycles. The minimum atomic E-state index is -5.82. The summed E-state index contributed by atoms with van der Waals surface area (Å²) in [5, 5.41) is 0. The first-order chi connectivity index (χ1) is 6.88. The van der Waals surface area contributed by atoms with E-state index in [1.54, 1.807) is 12.1 Å². The smallest absolute Gasteiger partial charge is 0.457 e. The Morgan fingerprint density at radius 1 is 1.27 bits per heavy atom. The standard InChI is InChI=1S/C8H6BrF3O2Si/c9-7-3-1-6(2-4-7)8(13)14-5-15(10,11)12/h1-4H,5H2. The van der Waals surface area contributed by atoms with Crippen molar-refractivity contribution in [3.8, 4) is 0 Å². The molecule has 0 saturated heterocycles. The van der Waals surface area contributed by atoms with Gasteiger partial charge in [0.15, 0.2) is 6.23 Å². The lowest BCUT2D eigenvalue weighted by atomic mass is 10.2. The number of carbonyl (C=O) groups excluding carboxylic acids is 1. The molecule has 0 N–H and O–H groups in total. The number of rotatable bonds is 3. The first-order valence-electron chi connectivity index (χ1n) is 3.88. The van der Waals surface area contributed by atoms with E-state index in [0.717, 1.165) is 4.47 Å². The van der Waals surface area contributed by atoms with Crippen molar-refractivity contribution in [3.05, 3.63) is 34.3 Å². The van der Waals surface area contributed by atoms with Crippen LogP contribution in [0.4, 0.5) is 12.3 Å². The van der Waals surface area contributed by atoms with Crippen molar-refractivity contribution in [3.63, 3.8) is 0 Å². The maximum absolute atomic E-state index is 11.8. The predicted molar refractivity (Wildman–Crippen MR) is 53.5 cm³/mol. The van der Waals surface area contributed by atoms with Crippen LogP contribution in [0.15, 0.2) is 28.7 Å². The topological polar surface area (TPSA) is 26.3 Å². The van der Waals surface area contributed by atoms with Crippen LogP contribution in [0, 0.1) is 0 Å². The normalized spacial score (nSPS) is 11.2. The van der Waals surface area contributed by atoms with Crippen LogP contribution in [0.25, 0.3) is 0 Å². The van der Waals surface area contributed by atoms with Crippen molar-refractivity contribution in [2.24, 2.45) is 0 Å². The van der Waals surface area contributed by atoms with Crippen molar-refractivity contribution in [1.82, 2.24) is 0 Å². The van der Waals surface area contributed by atoms with E-state index in [0.29, 0.717) is 0 Å². The largest absolute Gasteiger partial charge is 0.656 e. The van der Waals surface area contributed by atoms with Crippen LogP contribution in [0.5, 0.6) is 0 Å². The Kier molecular flexibility index (Phi) is 3.92. The van der Waals surface area contributed by atoms with E-state index in [9.17, 15) is 17.1 Å². The summed E-state index contributed by atoms with van der Waals surface area (Å²) >= 11 is 3.14. The Bertz CT molecular complexity index is 350. The fourth-order valence-electron chi connectivity index (χ4n) is 0.817. The zero-order valence-electron chi connectivity index (χ0n) is 7.34. The molecule has 0 spiro atoms. The Morgan fingerprint density at radius 3 is 2.27 bits per heavy atom. The van der Waals surface area contributed by atoms with Gasteiger partial charge >= 0.3 is 15.0 Å². The zero-order chi connectivity index (χ0) is 11.5. The number of ether oxygens (including phenoxy) is 1. The molecule has 0 saturated carbocycles. The molecule has 0 radical (unpaired) electrons. The Labute approximate surface area is 93.7 Å². The van der Waals surface area contributed by atoms with E-state index in [1.807, 2.05) is 0 Å². The van der Waals surface area contributed by atoms with E-state index >= 15 is 0 Å². The maximum Gasteiger partial charge on any atom is 0.656 e. The zero-order valence-corrected chi connectivity index (χ0v) is 9.93. The SMILES string of the molecule is O=C(OC[Si](F)(F)F)c1ccc(Br)cc1. The fourth-order valence-corrected chi connectivity index (χ4v) is 1.38. The average Bonchev–Trinajstić information content (AvgIpc) is 2.14. The third-order valence-electron chi connectivity index (χ3n) is 1.45. The van der Waals surface area contributed by atoms with Gasteiger partial charge in [0.2, 0.25) is 0 Å². The van der Waals surface area contributed by atoms with Crippen molar-refractivity contribution in [2.75, 3.05) is 6.23 Å². The van der Waals surface area contributed by atoms with Crippen LogP contribution in [0.1, 0.15) is 10.4 Å². The summed E-state index contributed by atoms with van der Waals surface area (Å²) in [6.45, 7) is 0. The first kappa shape index (κ1) is 12.2. The van der Waals surface area contributed by atoms with Gasteiger partial charge in [0, 0.05) is 4.47 Å². The van der Waals surface area contributed by atoms with Gasteiger partial charge in [-0.2, -0.15) is 0 Å². The molecule has 1 aromatic rings. The summed E-state index contributed by atoms with van der Waals surface area (Å²) in [6.07, 6.45) is -1.43. The molecule has 15 heavy (non-hydrogen) atoms. The van der Waals surface area contributed by atoms with Crippen LogP contribution in [-0.4, -0.2) is 21.3 Å². The molecular weight excluding hydrogens is 293 g/mol. The highest BCUT2D eigenvalue weighted by Gasteiger charge is 2.39. The number of hydrogen-bond acceptors (Lipinski definition) is 2. The Morgan fingerprint density at radius 2 is 1.80 bits per heavy atom. The highest BCUT2D eigenvalue weighted by atomic mass is 79.9. The number of benzene rings is 1. The molecule has 7 heteroatoms. The summed E-state index contributed by atoms with van der Waals surface area (Å²) < 4.78 is 40.4. The van der Waals surface area contributed by atoms with Crippen molar-refractivity contribution in [2.45, 2.75) is 0 Å². The molecule has 0 aliphatic rings. The van der Waals surface area contributed by atoms with Crippen LogP contribution in [0.2, 0.25) is 0 Å². The van der Waals surface area contributed by atoms with Gasteiger partial charge < -0.3 is 4.74 Å². The molecule has 0 atom stereocenters. The van der Waals surface area contributed by atoms with Crippen molar-refractivity contribution in [1.29, 1.82) is 0 Å². The van der Waals surface area contributed by atoms with Crippen molar-refractivity contribution < 1.29 is 21.9 Å². The van der Waals surface area contributed by atoms with Crippen LogP contribution < -0.4 is 0 Å². The van der Waals surface area contributed by atoms with Gasteiger partial charge in [-0.05, 0) is 24.3 Å². The predicted octanol–water partition coefficient (Wildman–Crippen LogP) is 2.99. The molecule has 0 bridgehead atoms. The minimum Gasteiger partial charge on any atom is -0.457 e. The van der Waals surface area contributed by atoms with Crippen LogP contribution >= 0.6 is 15.9 Å². The molecular formula is C8H6BrF3O2Si. The number of halogens is 4. The molecule has 0 aliphatic heterocycles. The molecule has 0 aliphatic carbocycles. The van der Waals surface area contributed by atoms with Gasteiger partial charge in [-0.25, -0.2) is 17.1 Å². The van der Waals surface area contributed by atoms with Gasteiger partial charge in [-0.3, -0.25) is 0 Å². The molecule has 1 rings (SSSR count). The first-order valence-corrected chi connectivity index (χ1v) is 6.51. The van der Waals surface area contributed by atoms with Crippen molar-refractivity contribution >= 4 is 31.0 Å². The second-order valence-electron chi connectivity index (χ2n) is 2.70. The average molecular weight is 299 g/mol. The van der Waals surface area contributed by atoms with Gasteiger partial charge in [-0.15, -0.1) is 0 Å². The molecule has 1 aromatic carbocycles. The number of hydrogen-bond donors (Lipinski definition) is 0. The van der Waals surface area contributed by atoms with Gasteiger partial charge in [0.05, 0.1) is 5.56 Å². The van der Waals surface area contributed by atoms with Gasteiger partial charge in [0.25, 0.3) is 0 Å². The monoisotopic (exact) mass is 298 g/mol. The number of carbonyl (C=O) groups is 1. The number of esters is 1. The van der Waals surface area contributed by atoms with Crippen LogP contribution in [-0.2, 0) is 4.74 Å². The Hall–Kier alpha value is -0.823. The van der Waals surface area contributed by atoms with E-state index in [2.05, 4.69) is 20.7 Å². The summed E-state index contributed by atoms with van der Waals surface area (Å²) in [7, 11) is -5.82. The van der Waals surface area contributed by atoms with Gasteiger partial charge in [0.1, 0.15) is 0 Å². The Balaban J connectivity index is 2.58. The second-order valence-corrected chi connectivity index (χ2v) is 5.13. The maximum atomic E-state index is 11.8. The molecule has 0 unspecified atom stereocenters. The van der Waals surface area contributed by atoms with E-state index < -0.39 is 21.3 Å². The van der Waals surface area contributed by atoms with Crippen LogP contribution in [0.3, 0.4) is 0 Å². The lowest BCUT2D eigenvalue weighted by Crippen LogP contribution is -2.26. The third-order valence-corrected chi connectivity index (χ3v) is 2.45. The quantitative estimate of drug-likeness (QED) is 0.487. The minimum absolute atomic E-state index is 0.108. The highest BCUT2D eigenvalue weighted by molar-refractivity contribution is 9.10. The molecule has 0 fully saturated rings. The summed E-state index contributed by atoms with van der Waals surface area (Å²) in [5.41, 5.74) is 0.108. The second kappa shape index (κ2) is 4.80. The van der Waals surface area contributed by atoms with Gasteiger partial charge in [-0.1, -0.05) is 15.9 Å². The third kappa shape index (κ3) is 4.48. The molecule has 82 valence electrons. The highest BCUT2D eigenvalue weighted by Crippen LogP contribution is 2.13. The molecule has 0 amide bonds. The summed E-state index contributed by atoms with van der Waals surface area (Å²) in [6, 6.07) is 5.90. The van der Waals surface area contributed by atoms with E-state index in [1.165, 1.54) is 12.1 Å². The van der Waals surface area contributed by atoms with E-state index in [-0.39, 0.29) is 5.56 Å². The van der Waals surface area contributed by atoms with E-state index in [4.69, 9.17) is 0 Å². The fraction of sp³-hybridized carbons (Fsp3) is 0.125. The molecule has 0 aromatic heterocycles. The summed E-state index contributed by atoms with van der Waals surface area (Å²) in [4.78, 5) is 11.1.